The maximum absolute atomic E-state index is 5.69. The Labute approximate surface area is 67.4 Å². The Balaban J connectivity index is 2.81. The van der Waals surface area contributed by atoms with Gasteiger partial charge >= 0.3 is 0 Å². The third-order valence-electron chi connectivity index (χ3n) is 1.22. The van der Waals surface area contributed by atoms with Crippen LogP contribution < -0.4 is 5.46 Å². The lowest BCUT2D eigenvalue weighted by molar-refractivity contribution is 1.47. The van der Waals surface area contributed by atoms with Crippen molar-refractivity contribution in [3.63, 3.8) is 0 Å². The van der Waals surface area contributed by atoms with Crippen LogP contribution in [0.25, 0.3) is 0 Å². The molecular formula is C8H9BS. The highest BCUT2D eigenvalue weighted by atomic mass is 32.2. The van der Waals surface area contributed by atoms with E-state index in [2.05, 4.69) is 6.92 Å². The van der Waals surface area contributed by atoms with Crippen molar-refractivity contribution >= 4 is 25.1 Å². The summed E-state index contributed by atoms with van der Waals surface area (Å²) in [4.78, 5) is 1.19. The van der Waals surface area contributed by atoms with Gasteiger partial charge in [-0.2, -0.15) is 0 Å². The SMILES string of the molecule is [B]c1ccccc1SCC. The van der Waals surface area contributed by atoms with E-state index in [1.807, 2.05) is 24.3 Å². The molecule has 2 heteroatoms. The van der Waals surface area contributed by atoms with Crippen LogP contribution in [0.5, 0.6) is 0 Å². The van der Waals surface area contributed by atoms with Crippen LogP contribution in [-0.4, -0.2) is 13.6 Å². The quantitative estimate of drug-likeness (QED) is 0.453. The minimum atomic E-state index is 0.884. The van der Waals surface area contributed by atoms with Crippen LogP contribution >= 0.6 is 11.8 Å². The van der Waals surface area contributed by atoms with Gasteiger partial charge in [-0.15, -0.1) is 11.8 Å². The molecule has 0 saturated carbocycles. The van der Waals surface area contributed by atoms with Crippen molar-refractivity contribution in [3.8, 4) is 0 Å². The molecule has 0 fully saturated rings. The molecule has 0 aliphatic carbocycles. The van der Waals surface area contributed by atoms with E-state index in [1.165, 1.54) is 4.90 Å². The van der Waals surface area contributed by atoms with E-state index < -0.39 is 0 Å². The van der Waals surface area contributed by atoms with Crippen LogP contribution in [0, 0.1) is 0 Å². The summed E-state index contributed by atoms with van der Waals surface area (Å²) in [5.74, 6) is 1.08. The first-order chi connectivity index (χ1) is 4.84. The van der Waals surface area contributed by atoms with Gasteiger partial charge in [-0.3, -0.25) is 0 Å². The molecule has 0 spiro atoms. The smallest absolute Gasteiger partial charge is 0.115 e. The van der Waals surface area contributed by atoms with Crippen LogP contribution in [0.1, 0.15) is 6.92 Å². The summed E-state index contributed by atoms with van der Waals surface area (Å²) < 4.78 is 0. The summed E-state index contributed by atoms with van der Waals surface area (Å²) in [5, 5.41) is 0. The van der Waals surface area contributed by atoms with Gasteiger partial charge < -0.3 is 0 Å². The third-order valence-corrected chi connectivity index (χ3v) is 2.19. The van der Waals surface area contributed by atoms with Crippen LogP contribution in [0.4, 0.5) is 0 Å². The predicted octanol–water partition coefficient (Wildman–Crippen LogP) is 1.59. The average molecular weight is 148 g/mol. The Morgan fingerprint density at radius 1 is 1.40 bits per heavy atom. The first-order valence-electron chi connectivity index (χ1n) is 3.32. The van der Waals surface area contributed by atoms with Crippen LogP contribution in [0.3, 0.4) is 0 Å². The third kappa shape index (κ3) is 1.81. The van der Waals surface area contributed by atoms with E-state index in [0.717, 1.165) is 11.2 Å². The van der Waals surface area contributed by atoms with E-state index >= 15 is 0 Å². The van der Waals surface area contributed by atoms with E-state index in [4.69, 9.17) is 7.85 Å². The van der Waals surface area contributed by atoms with Gasteiger partial charge in [-0.25, -0.2) is 0 Å². The molecule has 0 aromatic heterocycles. The number of rotatable bonds is 2. The predicted molar refractivity (Wildman–Crippen MR) is 48.2 cm³/mol. The van der Waals surface area contributed by atoms with Crippen LogP contribution in [0.15, 0.2) is 29.2 Å². The highest BCUT2D eigenvalue weighted by Gasteiger charge is 1.92. The summed E-state index contributed by atoms with van der Waals surface area (Å²) in [5.41, 5.74) is 0.884. The number of hydrogen-bond acceptors (Lipinski definition) is 1. The molecular weight excluding hydrogens is 139 g/mol. The van der Waals surface area contributed by atoms with Crippen LogP contribution in [0.2, 0.25) is 0 Å². The lowest BCUT2D eigenvalue weighted by Crippen LogP contribution is -2.04. The van der Waals surface area contributed by atoms with Crippen molar-refractivity contribution in [3.05, 3.63) is 24.3 Å². The average Bonchev–Trinajstić information content (AvgIpc) is 1.94. The Morgan fingerprint density at radius 2 is 2.10 bits per heavy atom. The second kappa shape index (κ2) is 3.72. The van der Waals surface area contributed by atoms with Gasteiger partial charge in [0.2, 0.25) is 0 Å². The van der Waals surface area contributed by atoms with Gasteiger partial charge in [0.1, 0.15) is 7.85 Å². The molecule has 1 aromatic carbocycles. The summed E-state index contributed by atoms with van der Waals surface area (Å²) in [6.45, 7) is 2.12. The minimum Gasteiger partial charge on any atom is -0.127 e. The molecule has 0 atom stereocenters. The van der Waals surface area contributed by atoms with Crippen LogP contribution in [-0.2, 0) is 0 Å². The van der Waals surface area contributed by atoms with Gasteiger partial charge in [0.25, 0.3) is 0 Å². The fraction of sp³-hybridized carbons (Fsp3) is 0.250. The fourth-order valence-corrected chi connectivity index (χ4v) is 1.49. The zero-order valence-electron chi connectivity index (χ0n) is 6.00. The summed E-state index contributed by atoms with van der Waals surface area (Å²) in [7, 11) is 5.69. The Kier molecular flexibility index (Phi) is 2.88. The minimum absolute atomic E-state index is 0.884. The molecule has 0 aliphatic rings. The molecule has 2 radical (unpaired) electrons. The number of hydrogen-bond donors (Lipinski definition) is 0. The lowest BCUT2D eigenvalue weighted by atomic mass is 9.97. The molecule has 0 amide bonds. The highest BCUT2D eigenvalue weighted by molar-refractivity contribution is 7.99. The van der Waals surface area contributed by atoms with E-state index in [9.17, 15) is 0 Å². The normalized spacial score (nSPS) is 9.70. The Bertz CT molecular complexity index is 210. The summed E-state index contributed by atoms with van der Waals surface area (Å²) in [6, 6.07) is 7.94. The summed E-state index contributed by atoms with van der Waals surface area (Å²) >= 11 is 1.78. The standard InChI is InChI=1S/C8H9BS/c1-2-10-8-6-4-3-5-7(8)9/h3-6H,2H2,1H3. The molecule has 0 nitrogen and oxygen atoms in total. The van der Waals surface area contributed by atoms with Crippen molar-refractivity contribution < 1.29 is 0 Å². The molecule has 50 valence electrons. The van der Waals surface area contributed by atoms with E-state index in [0.29, 0.717) is 0 Å². The van der Waals surface area contributed by atoms with Crippen molar-refractivity contribution in [1.82, 2.24) is 0 Å². The zero-order chi connectivity index (χ0) is 7.40. The Hall–Kier alpha value is -0.365. The first kappa shape index (κ1) is 7.74. The van der Waals surface area contributed by atoms with Gasteiger partial charge in [0.05, 0.1) is 0 Å². The first-order valence-corrected chi connectivity index (χ1v) is 4.30. The molecule has 0 heterocycles. The topological polar surface area (TPSA) is 0 Å². The maximum atomic E-state index is 5.69. The fourth-order valence-electron chi connectivity index (χ4n) is 0.767. The molecule has 0 saturated heterocycles. The molecule has 0 bridgehead atoms. The molecule has 10 heavy (non-hydrogen) atoms. The molecule has 1 aromatic rings. The monoisotopic (exact) mass is 148 g/mol. The van der Waals surface area contributed by atoms with Gasteiger partial charge in [0.15, 0.2) is 0 Å². The van der Waals surface area contributed by atoms with Crippen molar-refractivity contribution in [1.29, 1.82) is 0 Å². The molecule has 1 rings (SSSR count). The Morgan fingerprint density at radius 3 is 2.70 bits per heavy atom. The van der Waals surface area contributed by atoms with E-state index in [-0.39, 0.29) is 0 Å². The molecule has 0 aliphatic heterocycles. The van der Waals surface area contributed by atoms with Gasteiger partial charge in [0, 0.05) is 4.90 Å². The van der Waals surface area contributed by atoms with Gasteiger partial charge in [-0.05, 0) is 11.8 Å². The largest absolute Gasteiger partial charge is 0.127 e. The van der Waals surface area contributed by atoms with E-state index in [1.54, 1.807) is 11.8 Å². The zero-order valence-corrected chi connectivity index (χ0v) is 6.82. The van der Waals surface area contributed by atoms with Gasteiger partial charge in [-0.1, -0.05) is 30.6 Å². The maximum Gasteiger partial charge on any atom is 0.115 e. The van der Waals surface area contributed by atoms with Crippen molar-refractivity contribution in [2.24, 2.45) is 0 Å². The van der Waals surface area contributed by atoms with Crippen molar-refractivity contribution in [2.75, 3.05) is 5.75 Å². The van der Waals surface area contributed by atoms with Crippen molar-refractivity contribution in [2.45, 2.75) is 11.8 Å². The highest BCUT2D eigenvalue weighted by Crippen LogP contribution is 2.12. The molecule has 0 unspecified atom stereocenters. The molecule has 0 N–H and O–H groups in total. The second-order valence-corrected chi connectivity index (χ2v) is 3.28. The summed E-state index contributed by atoms with van der Waals surface area (Å²) in [6.07, 6.45) is 0. The number of benzene rings is 1. The lowest BCUT2D eigenvalue weighted by Gasteiger charge is -2.01. The second-order valence-electron chi connectivity index (χ2n) is 1.97. The number of thioether (sulfide) groups is 1.